The number of rotatable bonds is 4. The van der Waals surface area contributed by atoms with E-state index in [4.69, 9.17) is 0 Å². The Hall–Kier alpha value is -1.68. The molecule has 1 atom stereocenters. The molecule has 1 aromatic carbocycles. The minimum Gasteiger partial charge on any atom is -0.317 e. The van der Waals surface area contributed by atoms with Gasteiger partial charge in [-0.05, 0) is 17.9 Å². The highest BCUT2D eigenvalue weighted by atomic mass is 15.3. The van der Waals surface area contributed by atoms with Gasteiger partial charge in [0, 0.05) is 25.6 Å². The number of nitrogens with zero attached hydrogens (tertiary/aromatic N) is 4. The van der Waals surface area contributed by atoms with Crippen LogP contribution in [0.4, 0.5) is 0 Å². The Balaban J connectivity index is 1.76. The summed E-state index contributed by atoms with van der Waals surface area (Å²) in [6, 6.07) is 10.9. The highest BCUT2D eigenvalue weighted by Gasteiger charge is 2.40. The van der Waals surface area contributed by atoms with E-state index in [2.05, 4.69) is 70.8 Å². The van der Waals surface area contributed by atoms with E-state index in [-0.39, 0.29) is 0 Å². The van der Waals surface area contributed by atoms with E-state index in [9.17, 15) is 0 Å². The van der Waals surface area contributed by atoms with Gasteiger partial charge in [0.25, 0.3) is 0 Å². The van der Waals surface area contributed by atoms with Gasteiger partial charge >= 0.3 is 0 Å². The van der Waals surface area contributed by atoms with Gasteiger partial charge in [0.05, 0.1) is 6.54 Å². The van der Waals surface area contributed by atoms with Crippen molar-refractivity contribution < 1.29 is 0 Å². The van der Waals surface area contributed by atoms with Gasteiger partial charge in [0.1, 0.15) is 12.2 Å². The maximum absolute atomic E-state index is 4.27. The number of aromatic nitrogens is 3. The number of benzene rings is 1. The van der Waals surface area contributed by atoms with E-state index < -0.39 is 0 Å². The standard InChI is InChI=1S/C17H24N4/c1-4-21-13-18-19-16(21)11-20-10-15(17(2,3)12-20)14-8-6-5-7-9-14/h5-9,13,15H,4,10-12H2,1-3H3/t15-/m0/s1. The summed E-state index contributed by atoms with van der Waals surface area (Å²) in [5.74, 6) is 1.65. The fourth-order valence-electron chi connectivity index (χ4n) is 3.48. The molecule has 3 rings (SSSR count). The summed E-state index contributed by atoms with van der Waals surface area (Å²) in [5.41, 5.74) is 1.74. The first-order valence-corrected chi connectivity index (χ1v) is 7.74. The van der Waals surface area contributed by atoms with Crippen molar-refractivity contribution in [2.75, 3.05) is 13.1 Å². The normalized spacial score (nSPS) is 21.8. The van der Waals surface area contributed by atoms with Crippen LogP contribution in [0.2, 0.25) is 0 Å². The fourth-order valence-corrected chi connectivity index (χ4v) is 3.48. The third-order valence-corrected chi connectivity index (χ3v) is 4.62. The van der Waals surface area contributed by atoms with E-state index >= 15 is 0 Å². The highest BCUT2D eigenvalue weighted by molar-refractivity contribution is 5.24. The summed E-state index contributed by atoms with van der Waals surface area (Å²) in [6.45, 7) is 10.9. The zero-order valence-corrected chi connectivity index (χ0v) is 13.2. The largest absolute Gasteiger partial charge is 0.317 e. The maximum atomic E-state index is 4.27. The maximum Gasteiger partial charge on any atom is 0.146 e. The van der Waals surface area contributed by atoms with Crippen LogP contribution in [-0.4, -0.2) is 32.8 Å². The van der Waals surface area contributed by atoms with E-state index in [1.165, 1.54) is 5.56 Å². The first-order chi connectivity index (χ1) is 10.1. The summed E-state index contributed by atoms with van der Waals surface area (Å²) in [6.07, 6.45) is 1.82. The second-order valence-corrected chi connectivity index (χ2v) is 6.65. The van der Waals surface area contributed by atoms with Gasteiger partial charge in [-0.3, -0.25) is 4.90 Å². The summed E-state index contributed by atoms with van der Waals surface area (Å²) < 4.78 is 2.13. The van der Waals surface area contributed by atoms with Gasteiger partial charge < -0.3 is 4.57 Å². The molecule has 2 aromatic rings. The zero-order valence-electron chi connectivity index (χ0n) is 13.2. The Morgan fingerprint density at radius 3 is 2.71 bits per heavy atom. The number of aryl methyl sites for hydroxylation is 1. The Bertz CT molecular complexity index is 588. The number of hydrogen-bond acceptors (Lipinski definition) is 3. The molecule has 2 heterocycles. The molecule has 112 valence electrons. The second-order valence-electron chi connectivity index (χ2n) is 6.65. The minimum absolute atomic E-state index is 0.290. The molecule has 1 aliphatic heterocycles. The van der Waals surface area contributed by atoms with Gasteiger partial charge in [-0.25, -0.2) is 0 Å². The van der Waals surface area contributed by atoms with Crippen LogP contribution in [0.1, 0.15) is 38.1 Å². The molecule has 0 unspecified atom stereocenters. The molecule has 0 bridgehead atoms. The zero-order chi connectivity index (χ0) is 14.9. The molecule has 4 heteroatoms. The van der Waals surface area contributed by atoms with Gasteiger partial charge in [-0.1, -0.05) is 44.2 Å². The van der Waals surface area contributed by atoms with E-state index in [0.29, 0.717) is 11.3 Å². The molecule has 0 saturated carbocycles. The molecule has 1 saturated heterocycles. The summed E-state index contributed by atoms with van der Waals surface area (Å²) in [5, 5.41) is 8.30. The Morgan fingerprint density at radius 2 is 2.00 bits per heavy atom. The average Bonchev–Trinajstić information content (AvgIpc) is 3.03. The molecule has 4 nitrogen and oxygen atoms in total. The highest BCUT2D eigenvalue weighted by Crippen LogP contribution is 2.42. The van der Waals surface area contributed by atoms with Crippen molar-refractivity contribution in [3.8, 4) is 0 Å². The van der Waals surface area contributed by atoms with Gasteiger partial charge in [-0.15, -0.1) is 10.2 Å². The van der Waals surface area contributed by atoms with Crippen LogP contribution in [0.3, 0.4) is 0 Å². The van der Waals surface area contributed by atoms with Crippen LogP contribution in [0.5, 0.6) is 0 Å². The topological polar surface area (TPSA) is 34.0 Å². The monoisotopic (exact) mass is 284 g/mol. The lowest BCUT2D eigenvalue weighted by molar-refractivity contribution is 0.273. The van der Waals surface area contributed by atoms with E-state index in [0.717, 1.165) is 32.0 Å². The van der Waals surface area contributed by atoms with E-state index in [1.54, 1.807) is 0 Å². The predicted molar refractivity (Wildman–Crippen MR) is 83.9 cm³/mol. The van der Waals surface area contributed by atoms with Crippen LogP contribution >= 0.6 is 0 Å². The molecule has 0 radical (unpaired) electrons. The van der Waals surface area contributed by atoms with Crippen LogP contribution in [-0.2, 0) is 13.1 Å². The number of hydrogen-bond donors (Lipinski definition) is 0. The van der Waals surface area contributed by atoms with E-state index in [1.807, 2.05) is 6.33 Å². The van der Waals surface area contributed by atoms with Crippen LogP contribution in [0.15, 0.2) is 36.7 Å². The Morgan fingerprint density at radius 1 is 1.24 bits per heavy atom. The van der Waals surface area contributed by atoms with Crippen LogP contribution < -0.4 is 0 Å². The molecular formula is C17H24N4. The second kappa shape index (κ2) is 5.60. The predicted octanol–water partition coefficient (Wildman–Crippen LogP) is 2.92. The lowest BCUT2D eigenvalue weighted by atomic mass is 9.78. The molecule has 0 N–H and O–H groups in total. The quantitative estimate of drug-likeness (QED) is 0.865. The molecule has 1 aromatic heterocycles. The van der Waals surface area contributed by atoms with Gasteiger partial charge in [0.15, 0.2) is 0 Å². The summed E-state index contributed by atoms with van der Waals surface area (Å²) in [4.78, 5) is 2.51. The van der Waals surface area contributed by atoms with Crippen molar-refractivity contribution in [1.29, 1.82) is 0 Å². The summed E-state index contributed by atoms with van der Waals surface area (Å²) >= 11 is 0. The van der Waals surface area contributed by atoms with Crippen LogP contribution in [0.25, 0.3) is 0 Å². The SMILES string of the molecule is CCn1cnnc1CN1C[C@@H](c2ccccc2)C(C)(C)C1. The molecule has 0 amide bonds. The lowest BCUT2D eigenvalue weighted by Gasteiger charge is -2.26. The first-order valence-electron chi connectivity index (χ1n) is 7.74. The smallest absolute Gasteiger partial charge is 0.146 e. The Labute approximate surface area is 126 Å². The molecule has 1 fully saturated rings. The number of likely N-dealkylation sites (tertiary alicyclic amines) is 1. The van der Waals surface area contributed by atoms with Gasteiger partial charge in [-0.2, -0.15) is 0 Å². The van der Waals surface area contributed by atoms with Crippen molar-refractivity contribution in [3.05, 3.63) is 48.0 Å². The van der Waals surface area contributed by atoms with Crippen molar-refractivity contribution in [2.45, 2.75) is 39.8 Å². The molecule has 21 heavy (non-hydrogen) atoms. The van der Waals surface area contributed by atoms with Crippen molar-refractivity contribution >= 4 is 0 Å². The third kappa shape index (κ3) is 2.86. The van der Waals surface area contributed by atoms with Crippen molar-refractivity contribution in [1.82, 2.24) is 19.7 Å². The molecule has 0 spiro atoms. The van der Waals surface area contributed by atoms with Crippen LogP contribution in [0, 0.1) is 5.41 Å². The molecular weight excluding hydrogens is 260 g/mol. The van der Waals surface area contributed by atoms with Crippen molar-refractivity contribution in [2.24, 2.45) is 5.41 Å². The first kappa shape index (κ1) is 14.3. The van der Waals surface area contributed by atoms with Gasteiger partial charge in [0.2, 0.25) is 0 Å². The fraction of sp³-hybridized carbons (Fsp3) is 0.529. The lowest BCUT2D eigenvalue weighted by Crippen LogP contribution is -2.24. The Kier molecular flexibility index (Phi) is 3.81. The van der Waals surface area contributed by atoms with Crippen molar-refractivity contribution in [3.63, 3.8) is 0 Å². The summed E-state index contributed by atoms with van der Waals surface area (Å²) in [7, 11) is 0. The third-order valence-electron chi connectivity index (χ3n) is 4.62. The average molecular weight is 284 g/mol. The molecule has 0 aliphatic carbocycles. The minimum atomic E-state index is 0.290. The molecule has 1 aliphatic rings.